The molecule has 3 nitrogen and oxygen atoms in total. The molecule has 3 heteroatoms. The van der Waals surface area contributed by atoms with E-state index in [0.29, 0.717) is 0 Å². The monoisotopic (exact) mass is 229 g/mol. The number of rotatable bonds is 4. The molecule has 0 unspecified atom stereocenters. The second-order valence-electron chi connectivity index (χ2n) is 4.32. The summed E-state index contributed by atoms with van der Waals surface area (Å²) < 4.78 is 0. The first-order chi connectivity index (χ1) is 8.40. The smallest absolute Gasteiger partial charge is 0.128 e. The molecule has 17 heavy (non-hydrogen) atoms. The topological polar surface area (TPSA) is 19.4 Å². The standard InChI is InChI=1S/C14H19N3/c1-2-3-6-9-16-10-12-17(13-11-16)14-7-4-5-8-15-14/h1,4-5,7-8H,3,6,9-13H2. The Morgan fingerprint density at radius 2 is 2.06 bits per heavy atom. The minimum absolute atomic E-state index is 0.889. The Morgan fingerprint density at radius 1 is 1.24 bits per heavy atom. The normalized spacial score (nSPS) is 16.8. The van der Waals surface area contributed by atoms with Gasteiger partial charge < -0.3 is 4.90 Å². The maximum atomic E-state index is 5.26. The molecule has 0 N–H and O–H groups in total. The maximum Gasteiger partial charge on any atom is 0.128 e. The Morgan fingerprint density at radius 3 is 2.71 bits per heavy atom. The molecule has 1 fully saturated rings. The van der Waals surface area contributed by atoms with Crippen molar-refractivity contribution in [2.45, 2.75) is 12.8 Å². The van der Waals surface area contributed by atoms with Crippen LogP contribution in [0.5, 0.6) is 0 Å². The molecular formula is C14H19N3. The SMILES string of the molecule is C#CCCCN1CCN(c2ccccn2)CC1. The van der Waals surface area contributed by atoms with Gasteiger partial charge in [0.1, 0.15) is 5.82 Å². The molecule has 90 valence electrons. The minimum atomic E-state index is 0.889. The van der Waals surface area contributed by atoms with Gasteiger partial charge >= 0.3 is 0 Å². The largest absolute Gasteiger partial charge is 0.354 e. The van der Waals surface area contributed by atoms with Crippen LogP contribution in [0.3, 0.4) is 0 Å². The third-order valence-corrected chi connectivity index (χ3v) is 3.14. The van der Waals surface area contributed by atoms with Gasteiger partial charge in [0.2, 0.25) is 0 Å². The fraction of sp³-hybridized carbons (Fsp3) is 0.500. The van der Waals surface area contributed by atoms with E-state index < -0.39 is 0 Å². The van der Waals surface area contributed by atoms with Gasteiger partial charge in [0.15, 0.2) is 0 Å². The summed E-state index contributed by atoms with van der Waals surface area (Å²) in [5.41, 5.74) is 0. The summed E-state index contributed by atoms with van der Waals surface area (Å²) >= 11 is 0. The number of terminal acetylenes is 1. The summed E-state index contributed by atoms with van der Waals surface area (Å²) in [6.07, 6.45) is 9.11. The Labute approximate surface area is 103 Å². The molecule has 0 bridgehead atoms. The van der Waals surface area contributed by atoms with Crippen LogP contribution in [0.4, 0.5) is 5.82 Å². The van der Waals surface area contributed by atoms with Crippen molar-refractivity contribution in [1.29, 1.82) is 0 Å². The van der Waals surface area contributed by atoms with Crippen molar-refractivity contribution in [1.82, 2.24) is 9.88 Å². The number of aromatic nitrogens is 1. The molecule has 0 amide bonds. The number of pyridine rings is 1. The first-order valence-electron chi connectivity index (χ1n) is 6.22. The van der Waals surface area contributed by atoms with E-state index in [-0.39, 0.29) is 0 Å². The van der Waals surface area contributed by atoms with Gasteiger partial charge in [0, 0.05) is 38.8 Å². The fourth-order valence-corrected chi connectivity index (χ4v) is 2.15. The molecule has 1 aliphatic rings. The average Bonchev–Trinajstić information content (AvgIpc) is 2.41. The molecule has 1 aromatic rings. The summed E-state index contributed by atoms with van der Waals surface area (Å²) in [5.74, 6) is 3.79. The van der Waals surface area contributed by atoms with Gasteiger partial charge in [-0.05, 0) is 25.1 Å². The van der Waals surface area contributed by atoms with Gasteiger partial charge in [-0.25, -0.2) is 4.98 Å². The Balaban J connectivity index is 1.77. The number of piperazine rings is 1. The van der Waals surface area contributed by atoms with Crippen molar-refractivity contribution < 1.29 is 0 Å². The molecule has 2 rings (SSSR count). The second-order valence-corrected chi connectivity index (χ2v) is 4.32. The van der Waals surface area contributed by atoms with Crippen molar-refractivity contribution >= 4 is 5.82 Å². The number of hydrogen-bond donors (Lipinski definition) is 0. The summed E-state index contributed by atoms with van der Waals surface area (Å²) in [6.45, 7) is 5.47. The molecule has 1 aromatic heterocycles. The number of nitrogens with zero attached hydrogens (tertiary/aromatic N) is 3. The molecule has 0 radical (unpaired) electrons. The van der Waals surface area contributed by atoms with Crippen LogP contribution in [0.2, 0.25) is 0 Å². The van der Waals surface area contributed by atoms with E-state index in [0.717, 1.165) is 51.4 Å². The first-order valence-corrected chi connectivity index (χ1v) is 6.22. The molecule has 0 saturated carbocycles. The summed E-state index contributed by atoms with van der Waals surface area (Å²) in [4.78, 5) is 9.21. The van der Waals surface area contributed by atoms with E-state index in [9.17, 15) is 0 Å². The first kappa shape index (κ1) is 11.9. The summed E-state index contributed by atoms with van der Waals surface area (Å²) in [7, 11) is 0. The van der Waals surface area contributed by atoms with Crippen LogP contribution >= 0.6 is 0 Å². The van der Waals surface area contributed by atoms with Crippen LogP contribution in [0, 0.1) is 12.3 Å². The zero-order valence-corrected chi connectivity index (χ0v) is 10.2. The molecule has 2 heterocycles. The van der Waals surface area contributed by atoms with Gasteiger partial charge in [0.05, 0.1) is 0 Å². The van der Waals surface area contributed by atoms with E-state index >= 15 is 0 Å². The molecule has 0 aromatic carbocycles. The maximum absolute atomic E-state index is 5.26. The minimum Gasteiger partial charge on any atom is -0.354 e. The van der Waals surface area contributed by atoms with Crippen molar-refractivity contribution in [3.63, 3.8) is 0 Å². The highest BCUT2D eigenvalue weighted by Crippen LogP contribution is 2.12. The average molecular weight is 229 g/mol. The molecule has 0 aliphatic carbocycles. The van der Waals surface area contributed by atoms with Gasteiger partial charge in [-0.3, -0.25) is 4.90 Å². The van der Waals surface area contributed by atoms with Crippen LogP contribution in [-0.4, -0.2) is 42.6 Å². The van der Waals surface area contributed by atoms with Gasteiger partial charge in [-0.1, -0.05) is 6.07 Å². The number of anilines is 1. The van der Waals surface area contributed by atoms with Crippen LogP contribution in [0.1, 0.15) is 12.8 Å². The van der Waals surface area contributed by atoms with Crippen molar-refractivity contribution in [2.75, 3.05) is 37.6 Å². The number of unbranched alkanes of at least 4 members (excludes halogenated alkanes) is 1. The fourth-order valence-electron chi connectivity index (χ4n) is 2.15. The number of hydrogen-bond acceptors (Lipinski definition) is 3. The molecule has 0 atom stereocenters. The highest BCUT2D eigenvalue weighted by Gasteiger charge is 2.16. The second kappa shape index (κ2) is 6.27. The van der Waals surface area contributed by atoms with Crippen molar-refractivity contribution in [3.8, 4) is 12.3 Å². The quantitative estimate of drug-likeness (QED) is 0.577. The summed E-state index contributed by atoms with van der Waals surface area (Å²) in [5, 5.41) is 0. The van der Waals surface area contributed by atoms with E-state index in [1.54, 1.807) is 0 Å². The Bertz CT molecular complexity index is 361. The zero-order valence-electron chi connectivity index (χ0n) is 10.2. The van der Waals surface area contributed by atoms with Crippen LogP contribution < -0.4 is 4.90 Å². The van der Waals surface area contributed by atoms with E-state index in [4.69, 9.17) is 6.42 Å². The molecule has 0 spiro atoms. The van der Waals surface area contributed by atoms with E-state index in [2.05, 4.69) is 26.8 Å². The Hall–Kier alpha value is -1.53. The zero-order chi connectivity index (χ0) is 11.9. The lowest BCUT2D eigenvalue weighted by Crippen LogP contribution is -2.46. The van der Waals surface area contributed by atoms with Crippen LogP contribution in [0.15, 0.2) is 24.4 Å². The van der Waals surface area contributed by atoms with Crippen LogP contribution in [0.25, 0.3) is 0 Å². The lowest BCUT2D eigenvalue weighted by Gasteiger charge is -2.35. The van der Waals surface area contributed by atoms with Crippen LogP contribution in [-0.2, 0) is 0 Å². The molecule has 1 saturated heterocycles. The predicted octanol–water partition coefficient (Wildman–Crippen LogP) is 1.62. The molecular weight excluding hydrogens is 210 g/mol. The van der Waals surface area contributed by atoms with Gasteiger partial charge in [0.25, 0.3) is 0 Å². The van der Waals surface area contributed by atoms with Crippen molar-refractivity contribution in [3.05, 3.63) is 24.4 Å². The van der Waals surface area contributed by atoms with Crippen molar-refractivity contribution in [2.24, 2.45) is 0 Å². The van der Waals surface area contributed by atoms with E-state index in [1.165, 1.54) is 0 Å². The van der Waals surface area contributed by atoms with Gasteiger partial charge in [-0.15, -0.1) is 12.3 Å². The third-order valence-electron chi connectivity index (χ3n) is 3.14. The van der Waals surface area contributed by atoms with E-state index in [1.807, 2.05) is 18.3 Å². The summed E-state index contributed by atoms with van der Waals surface area (Å²) in [6, 6.07) is 6.08. The Kier molecular flexibility index (Phi) is 4.40. The lowest BCUT2D eigenvalue weighted by atomic mass is 10.2. The molecule has 1 aliphatic heterocycles. The van der Waals surface area contributed by atoms with Gasteiger partial charge in [-0.2, -0.15) is 0 Å². The highest BCUT2D eigenvalue weighted by atomic mass is 15.3. The lowest BCUT2D eigenvalue weighted by molar-refractivity contribution is 0.255. The third kappa shape index (κ3) is 3.47. The highest BCUT2D eigenvalue weighted by molar-refractivity contribution is 5.38. The predicted molar refractivity (Wildman–Crippen MR) is 71.0 cm³/mol.